The lowest BCUT2D eigenvalue weighted by Gasteiger charge is -2.29. The third-order valence-corrected chi connectivity index (χ3v) is 1.44. The first-order chi connectivity index (χ1) is 7.15. The zero-order valence-corrected chi connectivity index (χ0v) is 7.85. The molecular weight excluding hydrogens is 298 g/mol. The van der Waals surface area contributed by atoms with Gasteiger partial charge in [0.1, 0.15) is 0 Å². The van der Waals surface area contributed by atoms with Crippen molar-refractivity contribution in [2.45, 2.75) is 23.5 Å². The van der Waals surface area contributed by atoms with E-state index >= 15 is 0 Å². The summed E-state index contributed by atoms with van der Waals surface area (Å²) in [6.07, 6.45) is -12.9. The summed E-state index contributed by atoms with van der Waals surface area (Å²) >= 11 is 3.61. The lowest BCUT2D eigenvalue weighted by molar-refractivity contribution is -0.424. The molecule has 0 radical (unpaired) electrons. The molecule has 0 saturated carbocycles. The molecule has 17 heavy (non-hydrogen) atoms. The Morgan fingerprint density at radius 3 is 1.47 bits per heavy atom. The molecular formula is C5ClF9O2. The quantitative estimate of drug-likeness (QED) is 0.453. The minimum atomic E-state index is -6.63. The van der Waals surface area contributed by atoms with Crippen LogP contribution in [0.2, 0.25) is 0 Å². The molecule has 102 valence electrons. The smallest absolute Gasteiger partial charge is 0.260 e. The Balaban J connectivity index is 5.39. The van der Waals surface area contributed by atoms with Crippen molar-refractivity contribution in [2.24, 2.45) is 0 Å². The fourth-order valence-corrected chi connectivity index (χ4v) is 0.482. The molecule has 0 aliphatic heterocycles. The summed E-state index contributed by atoms with van der Waals surface area (Å²) in [5.41, 5.74) is 0. The van der Waals surface area contributed by atoms with E-state index in [0.717, 1.165) is 0 Å². The normalized spacial score (nSPS) is 17.8. The molecule has 0 fully saturated rings. The first kappa shape index (κ1) is 16.3. The summed E-state index contributed by atoms with van der Waals surface area (Å²) in [6, 6.07) is -4.08. The Labute approximate surface area is 91.3 Å². The van der Waals surface area contributed by atoms with Crippen LogP contribution in [0.3, 0.4) is 0 Å². The number of carbonyl (C=O) groups excluding carboxylic acids is 1. The predicted molar refractivity (Wildman–Crippen MR) is 32.8 cm³/mol. The molecule has 1 unspecified atom stereocenters. The van der Waals surface area contributed by atoms with E-state index < -0.39 is 29.6 Å². The number of carbonyl (C=O) groups is 1. The van der Waals surface area contributed by atoms with Gasteiger partial charge in [-0.05, 0) is 11.6 Å². The van der Waals surface area contributed by atoms with E-state index in [0.29, 0.717) is 0 Å². The van der Waals surface area contributed by atoms with E-state index in [1.54, 1.807) is 0 Å². The Morgan fingerprint density at radius 2 is 1.29 bits per heavy atom. The summed E-state index contributed by atoms with van der Waals surface area (Å²) in [5.74, 6) is -6.24. The minimum Gasteiger partial charge on any atom is -0.260 e. The lowest BCUT2D eigenvalue weighted by Crippen LogP contribution is -2.56. The molecule has 12 heteroatoms. The zero-order chi connectivity index (χ0) is 14.3. The topological polar surface area (TPSA) is 26.3 Å². The van der Waals surface area contributed by atoms with Crippen LogP contribution in [0.15, 0.2) is 0 Å². The van der Waals surface area contributed by atoms with Gasteiger partial charge in [0.2, 0.25) is 0 Å². The van der Waals surface area contributed by atoms with Crippen LogP contribution in [-0.4, -0.2) is 29.6 Å². The maximum absolute atomic E-state index is 12.5. The summed E-state index contributed by atoms with van der Waals surface area (Å²) in [6.45, 7) is 0. The lowest BCUT2D eigenvalue weighted by atomic mass is 10.3. The van der Waals surface area contributed by atoms with Gasteiger partial charge in [0.15, 0.2) is 0 Å². The van der Waals surface area contributed by atoms with Crippen molar-refractivity contribution in [3.8, 4) is 0 Å². The maximum atomic E-state index is 12.5. The van der Waals surface area contributed by atoms with Gasteiger partial charge in [-0.1, -0.05) is 0 Å². The molecule has 0 aromatic rings. The van der Waals surface area contributed by atoms with E-state index in [2.05, 4.69) is 11.6 Å². The average molecular weight is 298 g/mol. The maximum Gasteiger partial charge on any atom is 0.459 e. The van der Waals surface area contributed by atoms with Crippen molar-refractivity contribution in [3.63, 3.8) is 0 Å². The SMILES string of the molecule is O=C(F)C(F)(OC(F)(F)C(F)(F)Cl)C(F)(F)F. The Morgan fingerprint density at radius 1 is 0.941 bits per heavy atom. The van der Waals surface area contributed by atoms with Gasteiger partial charge in [-0.3, -0.25) is 9.53 Å². The summed E-state index contributed by atoms with van der Waals surface area (Å²) in [7, 11) is 0. The van der Waals surface area contributed by atoms with E-state index in [1.807, 2.05) is 4.74 Å². The van der Waals surface area contributed by atoms with Crippen LogP contribution in [0, 0.1) is 0 Å². The molecule has 0 spiro atoms. The van der Waals surface area contributed by atoms with Crippen LogP contribution in [0.5, 0.6) is 0 Å². The predicted octanol–water partition coefficient (Wildman–Crippen LogP) is 3.15. The highest BCUT2D eigenvalue weighted by molar-refractivity contribution is 6.22. The summed E-state index contributed by atoms with van der Waals surface area (Å²) < 4.78 is 109. The van der Waals surface area contributed by atoms with Crippen LogP contribution in [0.1, 0.15) is 0 Å². The first-order valence-corrected chi connectivity index (χ1v) is 3.63. The molecule has 0 aromatic carbocycles. The summed E-state index contributed by atoms with van der Waals surface area (Å²) in [5, 5.41) is -5.79. The Bertz CT molecular complexity index is 307. The van der Waals surface area contributed by atoms with Crippen LogP contribution >= 0.6 is 11.6 Å². The second-order valence-corrected chi connectivity index (χ2v) is 2.96. The Kier molecular flexibility index (Phi) is 4.02. The molecule has 0 saturated heterocycles. The number of ether oxygens (including phenoxy) is 1. The van der Waals surface area contributed by atoms with Gasteiger partial charge < -0.3 is 0 Å². The van der Waals surface area contributed by atoms with Gasteiger partial charge in [-0.25, -0.2) is 0 Å². The Hall–Kier alpha value is -0.710. The van der Waals surface area contributed by atoms with Crippen LogP contribution < -0.4 is 0 Å². The molecule has 0 bridgehead atoms. The molecule has 0 amide bonds. The largest absolute Gasteiger partial charge is 0.459 e. The van der Waals surface area contributed by atoms with Crippen molar-refractivity contribution in [1.82, 2.24) is 0 Å². The zero-order valence-electron chi connectivity index (χ0n) is 7.10. The van der Waals surface area contributed by atoms with Crippen molar-refractivity contribution in [2.75, 3.05) is 0 Å². The third-order valence-electron chi connectivity index (χ3n) is 1.22. The third kappa shape index (κ3) is 3.15. The van der Waals surface area contributed by atoms with Gasteiger partial charge in [-0.15, -0.1) is 0 Å². The highest BCUT2D eigenvalue weighted by Gasteiger charge is 2.72. The minimum absolute atomic E-state index is 1.88. The van der Waals surface area contributed by atoms with Gasteiger partial charge in [0.25, 0.3) is 0 Å². The first-order valence-electron chi connectivity index (χ1n) is 3.25. The van der Waals surface area contributed by atoms with Gasteiger partial charge in [0, 0.05) is 0 Å². The van der Waals surface area contributed by atoms with Crippen LogP contribution in [0.25, 0.3) is 0 Å². The molecule has 0 aliphatic carbocycles. The van der Waals surface area contributed by atoms with E-state index in [-0.39, 0.29) is 0 Å². The van der Waals surface area contributed by atoms with E-state index in [1.165, 1.54) is 0 Å². The highest BCUT2D eigenvalue weighted by atomic mass is 35.5. The fraction of sp³-hybridized carbons (Fsp3) is 0.800. The van der Waals surface area contributed by atoms with Crippen LogP contribution in [-0.2, 0) is 9.53 Å². The molecule has 0 heterocycles. The monoisotopic (exact) mass is 298 g/mol. The van der Waals surface area contributed by atoms with E-state index in [9.17, 15) is 44.3 Å². The van der Waals surface area contributed by atoms with Gasteiger partial charge in [-0.2, -0.15) is 39.5 Å². The average Bonchev–Trinajstić information content (AvgIpc) is 1.98. The molecule has 0 aliphatic rings. The highest BCUT2D eigenvalue weighted by Crippen LogP contribution is 2.46. The van der Waals surface area contributed by atoms with Crippen LogP contribution in [0.4, 0.5) is 39.5 Å². The number of halogens is 10. The number of alkyl halides is 9. The fourth-order valence-electron chi connectivity index (χ4n) is 0.444. The molecule has 0 N–H and O–H groups in total. The van der Waals surface area contributed by atoms with E-state index in [4.69, 9.17) is 0 Å². The molecule has 0 aromatic heterocycles. The summed E-state index contributed by atoms with van der Waals surface area (Å²) in [4.78, 5) is 9.61. The van der Waals surface area contributed by atoms with Gasteiger partial charge in [0.05, 0.1) is 0 Å². The standard InChI is InChI=1S/C5ClF9O2/c6-3(9,10)5(14,15)17-2(8,1(7)16)4(11,12)13. The molecule has 0 rings (SSSR count). The van der Waals surface area contributed by atoms with Gasteiger partial charge >= 0.3 is 29.6 Å². The second kappa shape index (κ2) is 4.19. The number of rotatable bonds is 4. The molecule has 1 atom stereocenters. The molecule has 2 nitrogen and oxygen atoms in total. The van der Waals surface area contributed by atoms with Crippen molar-refractivity contribution in [3.05, 3.63) is 0 Å². The van der Waals surface area contributed by atoms with Crippen molar-refractivity contribution < 1.29 is 49.0 Å². The van der Waals surface area contributed by atoms with Crippen molar-refractivity contribution in [1.29, 1.82) is 0 Å². The number of hydrogen-bond acceptors (Lipinski definition) is 2. The van der Waals surface area contributed by atoms with Crippen molar-refractivity contribution >= 4 is 17.6 Å². The number of hydrogen-bond donors (Lipinski definition) is 0. The second-order valence-electron chi connectivity index (χ2n) is 2.48.